The van der Waals surface area contributed by atoms with E-state index in [1.54, 1.807) is 0 Å². The minimum Gasteiger partial charge on any atom is -0.324 e. The molecule has 4 aromatic rings. The number of nitrogens with zero attached hydrogens (tertiary/aromatic N) is 3. The molecule has 1 amide bonds. The predicted molar refractivity (Wildman–Crippen MR) is 95.7 cm³/mol. The van der Waals surface area contributed by atoms with Crippen molar-refractivity contribution < 1.29 is 4.79 Å². The number of fused-ring (bicyclic) bond motifs is 3. The Hall–Kier alpha value is -2.93. The van der Waals surface area contributed by atoms with Gasteiger partial charge in [0.2, 0.25) is 16.5 Å². The summed E-state index contributed by atoms with van der Waals surface area (Å²) in [5, 5.41) is 10.00. The van der Waals surface area contributed by atoms with Crippen molar-refractivity contribution in [2.24, 2.45) is 0 Å². The van der Waals surface area contributed by atoms with Crippen molar-refractivity contribution in [3.05, 3.63) is 58.9 Å². The number of carbonyl (C=O) groups is 1. The Bertz CT molecular complexity index is 1120. The highest BCUT2D eigenvalue weighted by molar-refractivity contribution is 7.71. The van der Waals surface area contributed by atoms with Gasteiger partial charge in [0.15, 0.2) is 0 Å². The van der Waals surface area contributed by atoms with Gasteiger partial charge in [-0.3, -0.25) is 13.8 Å². The number of nitrogens with one attached hydrogen (secondary N) is 2. The third kappa shape index (κ3) is 2.30. The van der Waals surface area contributed by atoms with Crippen LogP contribution in [-0.4, -0.2) is 25.1 Å². The van der Waals surface area contributed by atoms with Gasteiger partial charge in [0.1, 0.15) is 6.54 Å². The average molecular weight is 337 g/mol. The van der Waals surface area contributed by atoms with Gasteiger partial charge >= 0.3 is 0 Å². The van der Waals surface area contributed by atoms with Crippen molar-refractivity contribution in [2.45, 2.75) is 13.5 Å². The largest absolute Gasteiger partial charge is 0.324 e. The molecule has 0 saturated carbocycles. The van der Waals surface area contributed by atoms with E-state index in [0.29, 0.717) is 10.5 Å². The summed E-state index contributed by atoms with van der Waals surface area (Å²) >= 11 is 5.29. The highest BCUT2D eigenvalue weighted by Crippen LogP contribution is 2.20. The summed E-state index contributed by atoms with van der Waals surface area (Å²) in [6.07, 6.45) is 0. The fourth-order valence-electron chi connectivity index (χ4n) is 2.88. The highest BCUT2D eigenvalue weighted by atomic mass is 32.1. The average Bonchev–Trinajstić information content (AvgIpc) is 3.10. The molecule has 120 valence electrons. The first-order chi connectivity index (χ1) is 11.6. The zero-order chi connectivity index (χ0) is 16.7. The van der Waals surface area contributed by atoms with Crippen LogP contribution in [0.1, 0.15) is 5.56 Å². The summed E-state index contributed by atoms with van der Waals surface area (Å²) in [6.45, 7) is 2.12. The van der Waals surface area contributed by atoms with Crippen LogP contribution in [0.5, 0.6) is 0 Å². The summed E-state index contributed by atoms with van der Waals surface area (Å²) in [4.78, 5) is 12.5. The molecule has 2 heterocycles. The normalized spacial score (nSPS) is 11.2. The summed E-state index contributed by atoms with van der Waals surface area (Å²) in [6, 6.07) is 15.5. The lowest BCUT2D eigenvalue weighted by atomic mass is 10.2. The van der Waals surface area contributed by atoms with E-state index >= 15 is 0 Å². The second-order valence-electron chi connectivity index (χ2n) is 5.60. The molecule has 6 nitrogen and oxygen atoms in total. The van der Waals surface area contributed by atoms with E-state index in [1.165, 1.54) is 0 Å². The minimum atomic E-state index is -0.110. The number of aromatic amines is 1. The topological polar surface area (TPSA) is 67.1 Å². The Balaban J connectivity index is 1.75. The molecule has 0 aliphatic heterocycles. The Morgan fingerprint density at radius 1 is 1.17 bits per heavy atom. The number of hydrogen-bond donors (Lipinski definition) is 2. The zero-order valence-electron chi connectivity index (χ0n) is 13.0. The summed E-state index contributed by atoms with van der Waals surface area (Å²) in [5.41, 5.74) is 3.68. The van der Waals surface area contributed by atoms with Crippen molar-refractivity contribution in [1.29, 1.82) is 0 Å². The lowest BCUT2D eigenvalue weighted by Crippen LogP contribution is -2.19. The maximum absolute atomic E-state index is 12.5. The maximum Gasteiger partial charge on any atom is 0.244 e. The van der Waals surface area contributed by atoms with Crippen LogP contribution in [0.25, 0.3) is 16.8 Å². The molecule has 0 radical (unpaired) electrons. The van der Waals surface area contributed by atoms with Gasteiger partial charge in [0.05, 0.1) is 11.0 Å². The third-order valence-corrected chi connectivity index (χ3v) is 4.30. The highest BCUT2D eigenvalue weighted by Gasteiger charge is 2.15. The van der Waals surface area contributed by atoms with E-state index in [2.05, 4.69) is 15.5 Å². The lowest BCUT2D eigenvalue weighted by molar-refractivity contribution is -0.116. The third-order valence-electron chi connectivity index (χ3n) is 4.03. The summed E-state index contributed by atoms with van der Waals surface area (Å²) < 4.78 is 4.21. The number of imidazole rings is 1. The number of H-pyrrole nitrogens is 1. The number of amides is 1. The number of benzene rings is 2. The maximum atomic E-state index is 12.5. The molecule has 7 heteroatoms. The first-order valence-electron chi connectivity index (χ1n) is 7.55. The van der Waals surface area contributed by atoms with Gasteiger partial charge in [-0.25, -0.2) is 5.10 Å². The van der Waals surface area contributed by atoms with Gasteiger partial charge in [-0.1, -0.05) is 30.3 Å². The number of carbonyl (C=O) groups excluding carboxylic acids is 1. The molecular weight excluding hydrogens is 322 g/mol. The molecule has 0 aliphatic carbocycles. The van der Waals surface area contributed by atoms with Crippen LogP contribution < -0.4 is 5.32 Å². The molecule has 2 N–H and O–H groups in total. The van der Waals surface area contributed by atoms with E-state index in [4.69, 9.17) is 12.2 Å². The van der Waals surface area contributed by atoms with Crippen molar-refractivity contribution in [3.8, 4) is 0 Å². The van der Waals surface area contributed by atoms with E-state index < -0.39 is 0 Å². The Morgan fingerprint density at radius 2 is 1.88 bits per heavy atom. The smallest absolute Gasteiger partial charge is 0.244 e. The van der Waals surface area contributed by atoms with Crippen LogP contribution in [0, 0.1) is 11.7 Å². The van der Waals surface area contributed by atoms with Gasteiger partial charge in [0, 0.05) is 5.69 Å². The molecule has 0 spiro atoms. The van der Waals surface area contributed by atoms with Crippen LogP contribution in [0.3, 0.4) is 0 Å². The Morgan fingerprint density at radius 3 is 2.67 bits per heavy atom. The SMILES string of the molecule is Cc1ccccc1NC(=O)Cn1c2ccccc2n2c(=S)[nH]nc12. The van der Waals surface area contributed by atoms with Crippen LogP contribution in [-0.2, 0) is 11.3 Å². The second kappa shape index (κ2) is 5.61. The fraction of sp³-hybridized carbons (Fsp3) is 0.118. The number of anilines is 1. The molecule has 0 bridgehead atoms. The van der Waals surface area contributed by atoms with Gasteiger partial charge < -0.3 is 5.32 Å². The van der Waals surface area contributed by atoms with Crippen LogP contribution in [0.4, 0.5) is 5.69 Å². The number of aromatic nitrogens is 4. The predicted octanol–water partition coefficient (Wildman–Crippen LogP) is 3.29. The molecule has 0 saturated heterocycles. The molecule has 4 rings (SSSR count). The van der Waals surface area contributed by atoms with Crippen molar-refractivity contribution in [2.75, 3.05) is 5.32 Å². The molecule has 0 unspecified atom stereocenters. The van der Waals surface area contributed by atoms with Gasteiger partial charge in [-0.15, -0.1) is 5.10 Å². The van der Waals surface area contributed by atoms with Crippen LogP contribution >= 0.6 is 12.2 Å². The van der Waals surface area contributed by atoms with Gasteiger partial charge in [-0.2, -0.15) is 0 Å². The summed E-state index contributed by atoms with van der Waals surface area (Å²) in [7, 11) is 0. The Labute approximate surface area is 142 Å². The van der Waals surface area contributed by atoms with E-state index in [9.17, 15) is 4.79 Å². The van der Waals surface area contributed by atoms with Gasteiger partial charge in [0.25, 0.3) is 0 Å². The van der Waals surface area contributed by atoms with Crippen LogP contribution in [0.15, 0.2) is 48.5 Å². The second-order valence-corrected chi connectivity index (χ2v) is 5.99. The van der Waals surface area contributed by atoms with E-state index in [-0.39, 0.29) is 12.5 Å². The fourth-order valence-corrected chi connectivity index (χ4v) is 3.10. The molecule has 2 aromatic carbocycles. The molecule has 24 heavy (non-hydrogen) atoms. The standard InChI is InChI=1S/C17H15N5OS/c1-11-6-2-3-7-12(11)18-15(23)10-21-13-8-4-5-9-14(13)22-16(21)19-20-17(22)24/h2-9H,10H2,1H3,(H,18,23)(H,20,24). The van der Waals surface area contributed by atoms with Crippen molar-refractivity contribution >= 4 is 40.6 Å². The summed E-state index contributed by atoms with van der Waals surface area (Å²) in [5.74, 6) is 0.516. The van der Waals surface area contributed by atoms with Crippen LogP contribution in [0.2, 0.25) is 0 Å². The quantitative estimate of drug-likeness (QED) is 0.564. The number of para-hydroxylation sites is 3. The first-order valence-corrected chi connectivity index (χ1v) is 7.96. The lowest BCUT2D eigenvalue weighted by Gasteiger charge is -2.09. The first kappa shape index (κ1) is 14.6. The number of aryl methyl sites for hydroxylation is 1. The zero-order valence-corrected chi connectivity index (χ0v) is 13.8. The number of hydrogen-bond acceptors (Lipinski definition) is 3. The molecule has 2 aromatic heterocycles. The number of rotatable bonds is 3. The van der Waals surface area contributed by atoms with E-state index in [1.807, 2.05) is 64.4 Å². The molecule has 0 fully saturated rings. The molecule has 0 aliphatic rings. The van der Waals surface area contributed by atoms with E-state index in [0.717, 1.165) is 22.3 Å². The monoisotopic (exact) mass is 337 g/mol. The Kier molecular flexibility index (Phi) is 3.42. The van der Waals surface area contributed by atoms with Crippen molar-refractivity contribution in [1.82, 2.24) is 19.2 Å². The molecule has 0 atom stereocenters. The minimum absolute atomic E-state index is 0.110. The van der Waals surface area contributed by atoms with Gasteiger partial charge in [-0.05, 0) is 42.9 Å². The van der Waals surface area contributed by atoms with Crippen molar-refractivity contribution in [3.63, 3.8) is 0 Å². The molecular formula is C17H15N5OS.